The molecule has 2 N–H and O–H groups in total. The van der Waals surface area contributed by atoms with Crippen LogP contribution in [0, 0.1) is 0 Å². The van der Waals surface area contributed by atoms with Gasteiger partial charge in [-0.2, -0.15) is 0 Å². The molecule has 0 bridgehead atoms. The fourth-order valence-corrected chi connectivity index (χ4v) is 4.25. The van der Waals surface area contributed by atoms with E-state index in [2.05, 4.69) is 10.2 Å². The van der Waals surface area contributed by atoms with E-state index < -0.39 is 9.84 Å². The molecule has 0 saturated carbocycles. The van der Waals surface area contributed by atoms with E-state index in [0.29, 0.717) is 30.0 Å². The molecule has 1 aliphatic rings. The second-order valence-electron chi connectivity index (χ2n) is 4.61. The third-order valence-corrected chi connectivity index (χ3v) is 5.68. The van der Waals surface area contributed by atoms with Crippen LogP contribution >= 0.6 is 0 Å². The van der Waals surface area contributed by atoms with Crippen molar-refractivity contribution in [3.63, 3.8) is 0 Å². The minimum absolute atomic E-state index is 0.288. The van der Waals surface area contributed by atoms with Crippen LogP contribution in [0.25, 0.3) is 5.65 Å². The average molecular weight is 266 g/mol. The summed E-state index contributed by atoms with van der Waals surface area (Å²) in [4.78, 5) is 0. The van der Waals surface area contributed by atoms with E-state index in [1.54, 1.807) is 16.5 Å². The Kier molecular flexibility index (Phi) is 2.51. The highest BCUT2D eigenvalue weighted by Crippen LogP contribution is 2.23. The number of hydrogen-bond acceptors (Lipinski definition) is 5. The quantitative estimate of drug-likeness (QED) is 0.851. The lowest BCUT2D eigenvalue weighted by atomic mass is 10.2. The van der Waals surface area contributed by atoms with Gasteiger partial charge in [-0.3, -0.25) is 4.40 Å². The Hall–Kier alpha value is -1.63. The van der Waals surface area contributed by atoms with Gasteiger partial charge in [-0.15, -0.1) is 10.2 Å². The summed E-state index contributed by atoms with van der Waals surface area (Å²) in [5.41, 5.74) is 6.92. The van der Waals surface area contributed by atoms with Gasteiger partial charge in [0.1, 0.15) is 5.82 Å². The molecule has 18 heavy (non-hydrogen) atoms. The molecule has 3 rings (SSSR count). The minimum Gasteiger partial charge on any atom is -0.396 e. The van der Waals surface area contributed by atoms with Gasteiger partial charge in [0.15, 0.2) is 15.5 Å². The Morgan fingerprint density at radius 2 is 2.28 bits per heavy atom. The summed E-state index contributed by atoms with van der Waals surface area (Å²) < 4.78 is 25.4. The summed E-state index contributed by atoms with van der Waals surface area (Å²) in [6.45, 7) is 0. The second kappa shape index (κ2) is 3.94. The highest BCUT2D eigenvalue weighted by atomic mass is 32.2. The summed E-state index contributed by atoms with van der Waals surface area (Å²) in [5.74, 6) is 0.948. The molecule has 0 amide bonds. The smallest absolute Gasteiger partial charge is 0.183 e. The van der Waals surface area contributed by atoms with Crippen molar-refractivity contribution in [1.29, 1.82) is 0 Å². The van der Waals surface area contributed by atoms with Gasteiger partial charge in [0.25, 0.3) is 0 Å². The molecule has 1 atom stereocenters. The molecule has 0 aliphatic carbocycles. The number of hydrogen-bond donors (Lipinski definition) is 1. The number of fused-ring (bicyclic) bond motifs is 1. The minimum atomic E-state index is -2.95. The standard InChI is InChI=1S/C11H14N4O2S/c12-9-4-1-5-15-10(13-14-11(9)15)7-8-3-2-6-18(8,16)17/h1,4-5,8H,2-3,6-7,12H2. The summed E-state index contributed by atoms with van der Waals surface area (Å²) in [6, 6.07) is 3.55. The molecule has 0 radical (unpaired) electrons. The average Bonchev–Trinajstić information content (AvgIpc) is 2.86. The first-order valence-electron chi connectivity index (χ1n) is 5.87. The zero-order valence-corrected chi connectivity index (χ0v) is 10.6. The monoisotopic (exact) mass is 266 g/mol. The Labute approximate surface area is 105 Å². The molecule has 96 valence electrons. The van der Waals surface area contributed by atoms with E-state index in [4.69, 9.17) is 5.73 Å². The summed E-state index contributed by atoms with van der Waals surface area (Å²) in [6.07, 6.45) is 3.67. The van der Waals surface area contributed by atoms with E-state index in [-0.39, 0.29) is 11.0 Å². The fourth-order valence-electron chi connectivity index (χ4n) is 2.41. The third-order valence-electron chi connectivity index (χ3n) is 3.41. The largest absolute Gasteiger partial charge is 0.396 e. The van der Waals surface area contributed by atoms with Crippen LogP contribution in [0.2, 0.25) is 0 Å². The molecule has 2 aromatic heterocycles. The van der Waals surface area contributed by atoms with Crippen LogP contribution in [0.5, 0.6) is 0 Å². The zero-order valence-electron chi connectivity index (χ0n) is 9.78. The molecule has 3 heterocycles. The zero-order chi connectivity index (χ0) is 12.8. The van der Waals surface area contributed by atoms with E-state index >= 15 is 0 Å². The van der Waals surface area contributed by atoms with Gasteiger partial charge >= 0.3 is 0 Å². The first-order chi connectivity index (χ1) is 8.58. The maximum atomic E-state index is 11.8. The van der Waals surface area contributed by atoms with Crippen molar-refractivity contribution in [3.05, 3.63) is 24.2 Å². The first kappa shape index (κ1) is 11.5. The lowest BCUT2D eigenvalue weighted by molar-refractivity contribution is 0.585. The van der Waals surface area contributed by atoms with Gasteiger partial charge in [0.2, 0.25) is 0 Å². The van der Waals surface area contributed by atoms with E-state index in [9.17, 15) is 8.42 Å². The Balaban J connectivity index is 1.99. The Morgan fingerprint density at radius 3 is 3.00 bits per heavy atom. The van der Waals surface area contributed by atoms with Gasteiger partial charge in [-0.05, 0) is 25.0 Å². The lowest BCUT2D eigenvalue weighted by Gasteiger charge is -2.07. The third kappa shape index (κ3) is 1.74. The molecule has 0 spiro atoms. The van der Waals surface area contributed by atoms with Crippen LogP contribution in [0.1, 0.15) is 18.7 Å². The van der Waals surface area contributed by atoms with E-state index in [1.165, 1.54) is 0 Å². The summed E-state index contributed by atoms with van der Waals surface area (Å²) >= 11 is 0. The maximum absolute atomic E-state index is 11.8. The Bertz CT molecular complexity index is 692. The normalized spacial score (nSPS) is 22.6. The van der Waals surface area contributed by atoms with Crippen LogP contribution in [-0.2, 0) is 16.3 Å². The van der Waals surface area contributed by atoms with Crippen LogP contribution < -0.4 is 5.73 Å². The van der Waals surface area contributed by atoms with Crippen molar-refractivity contribution in [2.24, 2.45) is 0 Å². The fraction of sp³-hybridized carbons (Fsp3) is 0.455. The number of anilines is 1. The maximum Gasteiger partial charge on any atom is 0.183 e. The number of nitrogens with two attached hydrogens (primary N) is 1. The SMILES string of the molecule is Nc1cccn2c(CC3CCCS3(=O)=O)nnc12. The van der Waals surface area contributed by atoms with Crippen molar-refractivity contribution < 1.29 is 8.42 Å². The van der Waals surface area contributed by atoms with Crippen LogP contribution in [-0.4, -0.2) is 34.0 Å². The summed E-state index contributed by atoms with van der Waals surface area (Å²) in [5, 5.41) is 7.73. The number of sulfone groups is 1. The molecule has 1 aliphatic heterocycles. The van der Waals surface area contributed by atoms with Gasteiger partial charge in [-0.25, -0.2) is 8.42 Å². The molecular weight excluding hydrogens is 252 g/mol. The molecule has 7 heteroatoms. The van der Waals surface area contributed by atoms with E-state index in [0.717, 1.165) is 6.42 Å². The molecule has 1 saturated heterocycles. The second-order valence-corrected chi connectivity index (χ2v) is 7.01. The summed E-state index contributed by atoms with van der Waals surface area (Å²) in [7, 11) is -2.95. The van der Waals surface area contributed by atoms with Gasteiger partial charge in [-0.1, -0.05) is 0 Å². The number of aromatic nitrogens is 3. The van der Waals surface area contributed by atoms with Crippen molar-refractivity contribution in [1.82, 2.24) is 14.6 Å². The van der Waals surface area contributed by atoms with Crippen LogP contribution in [0.4, 0.5) is 5.69 Å². The number of rotatable bonds is 2. The Morgan fingerprint density at radius 1 is 1.44 bits per heavy atom. The molecule has 1 fully saturated rings. The first-order valence-corrected chi connectivity index (χ1v) is 7.59. The molecule has 1 unspecified atom stereocenters. The number of nitrogen functional groups attached to an aromatic ring is 1. The van der Waals surface area contributed by atoms with Crippen molar-refractivity contribution >= 4 is 21.2 Å². The van der Waals surface area contributed by atoms with Crippen molar-refractivity contribution in [2.45, 2.75) is 24.5 Å². The predicted molar refractivity (Wildman–Crippen MR) is 67.9 cm³/mol. The molecule has 6 nitrogen and oxygen atoms in total. The molecule has 2 aromatic rings. The van der Waals surface area contributed by atoms with E-state index in [1.807, 2.05) is 6.20 Å². The molecule has 0 aromatic carbocycles. The van der Waals surface area contributed by atoms with Crippen molar-refractivity contribution in [2.75, 3.05) is 11.5 Å². The molecular formula is C11H14N4O2S. The van der Waals surface area contributed by atoms with Gasteiger partial charge < -0.3 is 5.73 Å². The van der Waals surface area contributed by atoms with Crippen LogP contribution in [0.3, 0.4) is 0 Å². The van der Waals surface area contributed by atoms with Crippen molar-refractivity contribution in [3.8, 4) is 0 Å². The lowest BCUT2D eigenvalue weighted by Crippen LogP contribution is -2.19. The predicted octanol–water partition coefficient (Wildman–Crippen LogP) is 0.431. The van der Waals surface area contributed by atoms with Crippen LogP contribution in [0.15, 0.2) is 18.3 Å². The topological polar surface area (TPSA) is 90.3 Å². The number of pyridine rings is 1. The van der Waals surface area contributed by atoms with Gasteiger partial charge in [0, 0.05) is 12.6 Å². The highest BCUT2D eigenvalue weighted by Gasteiger charge is 2.32. The number of nitrogens with zero attached hydrogens (tertiary/aromatic N) is 3. The van der Waals surface area contributed by atoms with Gasteiger partial charge in [0.05, 0.1) is 16.7 Å². The highest BCUT2D eigenvalue weighted by molar-refractivity contribution is 7.92.